The van der Waals surface area contributed by atoms with Crippen molar-refractivity contribution >= 4 is 32.6 Å². The van der Waals surface area contributed by atoms with Gasteiger partial charge in [-0.25, -0.2) is 4.98 Å². The molecule has 8 heteroatoms. The highest BCUT2D eigenvalue weighted by atomic mass is 32.1. The Kier molecular flexibility index (Phi) is 5.09. The predicted molar refractivity (Wildman–Crippen MR) is 105 cm³/mol. The minimum Gasteiger partial charge on any atom is -0.492 e. The van der Waals surface area contributed by atoms with Crippen molar-refractivity contribution in [1.29, 1.82) is 0 Å². The van der Waals surface area contributed by atoms with Crippen LogP contribution in [0, 0.1) is 0 Å². The maximum Gasteiger partial charge on any atom is 0.280 e. The van der Waals surface area contributed by atoms with Gasteiger partial charge in [-0.05, 0) is 38.0 Å². The van der Waals surface area contributed by atoms with E-state index in [-0.39, 0.29) is 12.0 Å². The average Bonchev–Trinajstić information content (AvgIpc) is 3.40. The molecule has 0 N–H and O–H groups in total. The van der Waals surface area contributed by atoms with Crippen LogP contribution < -0.4 is 9.64 Å². The lowest BCUT2D eigenvalue weighted by molar-refractivity contribution is 0.0913. The number of aromatic nitrogens is 3. The molecule has 4 rings (SSSR count). The van der Waals surface area contributed by atoms with Gasteiger partial charge in [-0.1, -0.05) is 17.4 Å². The van der Waals surface area contributed by atoms with Gasteiger partial charge in [-0.15, -0.1) is 0 Å². The van der Waals surface area contributed by atoms with Crippen LogP contribution in [0.5, 0.6) is 5.75 Å². The first-order valence-electron chi connectivity index (χ1n) is 9.11. The molecule has 1 aliphatic heterocycles. The molecule has 3 heterocycles. The van der Waals surface area contributed by atoms with Crippen LogP contribution in [0.15, 0.2) is 30.5 Å². The van der Waals surface area contributed by atoms with E-state index >= 15 is 0 Å². The lowest BCUT2D eigenvalue weighted by Crippen LogP contribution is -2.37. The summed E-state index contributed by atoms with van der Waals surface area (Å²) in [6.45, 7) is 3.72. The molecule has 27 heavy (non-hydrogen) atoms. The molecule has 0 radical (unpaired) electrons. The number of fused-ring (bicyclic) bond motifs is 1. The first-order chi connectivity index (χ1) is 13.2. The number of benzene rings is 1. The molecule has 1 saturated heterocycles. The number of nitrogens with zero attached hydrogens (tertiary/aromatic N) is 4. The fourth-order valence-electron chi connectivity index (χ4n) is 3.21. The zero-order valence-electron chi connectivity index (χ0n) is 15.4. The van der Waals surface area contributed by atoms with Crippen molar-refractivity contribution in [3.05, 3.63) is 36.2 Å². The van der Waals surface area contributed by atoms with Crippen LogP contribution in [-0.4, -0.2) is 46.5 Å². The van der Waals surface area contributed by atoms with E-state index in [1.807, 2.05) is 25.1 Å². The lowest BCUT2D eigenvalue weighted by Gasteiger charge is -2.22. The average molecular weight is 386 g/mol. The monoisotopic (exact) mass is 386 g/mol. The Morgan fingerprint density at radius 3 is 3.04 bits per heavy atom. The second-order valence-electron chi connectivity index (χ2n) is 6.46. The smallest absolute Gasteiger partial charge is 0.280 e. The summed E-state index contributed by atoms with van der Waals surface area (Å²) in [4.78, 5) is 19.6. The molecular weight excluding hydrogens is 364 g/mol. The normalized spacial score (nSPS) is 16.7. The van der Waals surface area contributed by atoms with Crippen molar-refractivity contribution < 1.29 is 14.3 Å². The minimum absolute atomic E-state index is 0.0241. The van der Waals surface area contributed by atoms with Crippen molar-refractivity contribution in [2.24, 2.45) is 7.05 Å². The summed E-state index contributed by atoms with van der Waals surface area (Å²) in [5.74, 6) is 0.572. The van der Waals surface area contributed by atoms with Crippen LogP contribution in [-0.2, 0) is 11.8 Å². The van der Waals surface area contributed by atoms with Crippen LogP contribution in [0.1, 0.15) is 30.3 Å². The van der Waals surface area contributed by atoms with Gasteiger partial charge in [0, 0.05) is 19.9 Å². The van der Waals surface area contributed by atoms with Gasteiger partial charge in [0.05, 0.1) is 24.0 Å². The number of anilines is 1. The highest BCUT2D eigenvalue weighted by Crippen LogP contribution is 2.35. The Morgan fingerprint density at radius 2 is 2.33 bits per heavy atom. The van der Waals surface area contributed by atoms with Gasteiger partial charge >= 0.3 is 0 Å². The topological polar surface area (TPSA) is 69.5 Å². The van der Waals surface area contributed by atoms with E-state index in [4.69, 9.17) is 14.5 Å². The molecule has 1 aromatic carbocycles. The van der Waals surface area contributed by atoms with Crippen molar-refractivity contribution in [3.63, 3.8) is 0 Å². The quantitative estimate of drug-likeness (QED) is 0.650. The summed E-state index contributed by atoms with van der Waals surface area (Å²) in [6.07, 6.45) is 3.75. The molecule has 0 bridgehead atoms. The molecule has 1 amide bonds. The van der Waals surface area contributed by atoms with E-state index in [9.17, 15) is 4.79 Å². The summed E-state index contributed by atoms with van der Waals surface area (Å²) < 4.78 is 14.1. The molecule has 142 valence electrons. The summed E-state index contributed by atoms with van der Waals surface area (Å²) in [7, 11) is 1.80. The van der Waals surface area contributed by atoms with E-state index in [1.54, 1.807) is 28.9 Å². The number of hydrogen-bond donors (Lipinski definition) is 0. The van der Waals surface area contributed by atoms with Gasteiger partial charge < -0.3 is 9.47 Å². The molecule has 1 atom stereocenters. The van der Waals surface area contributed by atoms with Gasteiger partial charge in [-0.2, -0.15) is 5.10 Å². The molecule has 0 unspecified atom stereocenters. The molecule has 0 spiro atoms. The molecule has 3 aromatic rings. The van der Waals surface area contributed by atoms with Crippen molar-refractivity contribution in [1.82, 2.24) is 14.8 Å². The number of carbonyl (C=O) groups excluding carboxylic acids is 1. The Labute approximate surface area is 161 Å². The molecule has 2 aromatic heterocycles. The second-order valence-corrected chi connectivity index (χ2v) is 7.47. The van der Waals surface area contributed by atoms with E-state index in [2.05, 4.69) is 5.10 Å². The van der Waals surface area contributed by atoms with Crippen LogP contribution >= 0.6 is 11.3 Å². The zero-order valence-corrected chi connectivity index (χ0v) is 16.2. The summed E-state index contributed by atoms with van der Waals surface area (Å²) in [5, 5.41) is 4.91. The largest absolute Gasteiger partial charge is 0.492 e. The van der Waals surface area contributed by atoms with E-state index in [0.29, 0.717) is 24.0 Å². The van der Waals surface area contributed by atoms with Crippen LogP contribution in [0.4, 0.5) is 5.13 Å². The molecule has 1 fully saturated rings. The maximum absolute atomic E-state index is 13.2. The number of rotatable bonds is 6. The zero-order chi connectivity index (χ0) is 18.8. The third-order valence-corrected chi connectivity index (χ3v) is 5.53. The molecule has 0 aliphatic carbocycles. The number of carbonyl (C=O) groups is 1. The third-order valence-electron chi connectivity index (χ3n) is 4.49. The van der Waals surface area contributed by atoms with Crippen LogP contribution in [0.25, 0.3) is 10.2 Å². The fraction of sp³-hybridized carbons (Fsp3) is 0.421. The van der Waals surface area contributed by atoms with E-state index in [1.165, 1.54) is 11.3 Å². The fourth-order valence-corrected chi connectivity index (χ4v) is 4.20. The highest BCUT2D eigenvalue weighted by Gasteiger charge is 2.28. The van der Waals surface area contributed by atoms with Gasteiger partial charge in [0.2, 0.25) is 0 Å². The number of aryl methyl sites for hydroxylation is 1. The second kappa shape index (κ2) is 7.66. The lowest BCUT2D eigenvalue weighted by atomic mass is 10.2. The standard InChI is InChI=1S/C19H22N4O3S/c1-3-25-15-7-4-8-16-17(15)20-19(27-16)23(12-13-6-5-11-26-13)18(24)14-9-10-22(2)21-14/h4,7-10,13H,3,5-6,11-12H2,1-2H3/t13-/m1/s1. The highest BCUT2D eigenvalue weighted by molar-refractivity contribution is 7.22. The SMILES string of the molecule is CCOc1cccc2sc(N(C[C@H]3CCCO3)C(=O)c3ccn(C)n3)nc12. The third kappa shape index (κ3) is 3.68. The van der Waals surface area contributed by atoms with Gasteiger partial charge in [-0.3, -0.25) is 14.4 Å². The van der Waals surface area contributed by atoms with Gasteiger partial charge in [0.25, 0.3) is 5.91 Å². The van der Waals surface area contributed by atoms with Crippen molar-refractivity contribution in [2.45, 2.75) is 25.9 Å². The number of para-hydroxylation sites is 1. The Morgan fingerprint density at radius 1 is 1.44 bits per heavy atom. The molecule has 1 aliphatic rings. The minimum atomic E-state index is -0.164. The molecule has 7 nitrogen and oxygen atoms in total. The Hall–Kier alpha value is -2.45. The van der Waals surface area contributed by atoms with Crippen molar-refractivity contribution in [2.75, 3.05) is 24.7 Å². The molecular formula is C19H22N4O3S. The first-order valence-corrected chi connectivity index (χ1v) is 9.93. The van der Waals surface area contributed by atoms with Crippen molar-refractivity contribution in [3.8, 4) is 5.75 Å². The van der Waals surface area contributed by atoms with E-state index < -0.39 is 0 Å². The molecule has 0 saturated carbocycles. The first kappa shape index (κ1) is 17.9. The summed E-state index contributed by atoms with van der Waals surface area (Å²) >= 11 is 1.48. The van der Waals surface area contributed by atoms with Gasteiger partial charge in [0.15, 0.2) is 10.8 Å². The number of ether oxygens (including phenoxy) is 2. The summed E-state index contributed by atoms with van der Waals surface area (Å²) in [6, 6.07) is 7.57. The van der Waals surface area contributed by atoms with Crippen LogP contribution in [0.2, 0.25) is 0 Å². The number of thiazole rings is 1. The maximum atomic E-state index is 13.2. The Balaban J connectivity index is 1.72. The summed E-state index contributed by atoms with van der Waals surface area (Å²) in [5.41, 5.74) is 1.19. The van der Waals surface area contributed by atoms with Crippen LogP contribution in [0.3, 0.4) is 0 Å². The van der Waals surface area contributed by atoms with Gasteiger partial charge in [0.1, 0.15) is 11.3 Å². The van der Waals surface area contributed by atoms with E-state index in [0.717, 1.165) is 35.4 Å². The Bertz CT molecular complexity index is 945. The predicted octanol–water partition coefficient (Wildman–Crippen LogP) is 3.25. The number of amides is 1. The number of hydrogen-bond acceptors (Lipinski definition) is 6.